The fraction of sp³-hybridized carbons (Fsp3) is 0.200. The average Bonchev–Trinajstić information content (AvgIpc) is 2.47. The van der Waals surface area contributed by atoms with Gasteiger partial charge in [-0.3, -0.25) is 9.59 Å². The van der Waals surface area contributed by atoms with Gasteiger partial charge >= 0.3 is 0 Å². The van der Waals surface area contributed by atoms with Crippen LogP contribution in [0.4, 0.5) is 5.69 Å². The topological polar surface area (TPSA) is 74.0 Å². The lowest BCUT2D eigenvalue weighted by Crippen LogP contribution is -2.24. The van der Waals surface area contributed by atoms with Crippen molar-refractivity contribution in [3.8, 4) is 0 Å². The molecule has 0 spiro atoms. The van der Waals surface area contributed by atoms with E-state index in [1.54, 1.807) is 12.1 Å². The van der Waals surface area contributed by atoms with Crippen molar-refractivity contribution in [2.24, 2.45) is 0 Å². The molecule has 0 radical (unpaired) electrons. The van der Waals surface area contributed by atoms with Crippen LogP contribution >= 0.6 is 0 Å². The highest BCUT2D eigenvalue weighted by Crippen LogP contribution is 2.19. The lowest BCUT2D eigenvalue weighted by Gasteiger charge is -2.18. The Bertz CT molecular complexity index is 706. The number of pyridine rings is 1. The van der Waals surface area contributed by atoms with Crippen molar-refractivity contribution in [2.75, 3.05) is 11.9 Å². The number of hydrogen-bond acceptors (Lipinski definition) is 3. The van der Waals surface area contributed by atoms with E-state index in [9.17, 15) is 9.59 Å². The highest BCUT2D eigenvalue weighted by atomic mass is 16.2. The second-order valence-corrected chi connectivity index (χ2v) is 4.79. The summed E-state index contributed by atoms with van der Waals surface area (Å²) in [6.45, 7) is 1.81. The first-order valence-electron chi connectivity index (χ1n) is 6.55. The second-order valence-electron chi connectivity index (χ2n) is 4.79. The molecule has 0 saturated heterocycles. The Hall–Kier alpha value is -2.40. The Labute approximate surface area is 116 Å². The van der Waals surface area contributed by atoms with E-state index in [4.69, 9.17) is 0 Å². The molecule has 20 heavy (non-hydrogen) atoms. The van der Waals surface area contributed by atoms with Gasteiger partial charge in [0.2, 0.25) is 5.56 Å². The third-order valence-corrected chi connectivity index (χ3v) is 3.36. The van der Waals surface area contributed by atoms with Crippen LogP contribution in [0.15, 0.2) is 41.2 Å². The molecule has 3 rings (SSSR count). The van der Waals surface area contributed by atoms with E-state index >= 15 is 0 Å². The number of anilines is 1. The number of rotatable bonds is 2. The van der Waals surface area contributed by atoms with E-state index in [0.717, 1.165) is 25.2 Å². The quantitative estimate of drug-likeness (QED) is 0.768. The molecule has 1 amide bonds. The van der Waals surface area contributed by atoms with Crippen LogP contribution in [0, 0.1) is 0 Å². The maximum absolute atomic E-state index is 12.0. The number of nitrogens with one attached hydrogen (secondary N) is 3. The van der Waals surface area contributed by atoms with Gasteiger partial charge in [-0.1, -0.05) is 12.1 Å². The molecule has 0 bridgehead atoms. The zero-order chi connectivity index (χ0) is 13.9. The number of amides is 1. The lowest BCUT2D eigenvalue weighted by molar-refractivity contribution is 0.102. The van der Waals surface area contributed by atoms with E-state index in [2.05, 4.69) is 15.6 Å². The fourth-order valence-corrected chi connectivity index (χ4v) is 2.34. The van der Waals surface area contributed by atoms with E-state index in [-0.39, 0.29) is 17.2 Å². The molecule has 0 aliphatic carbocycles. The van der Waals surface area contributed by atoms with E-state index < -0.39 is 0 Å². The molecule has 0 atom stereocenters. The summed E-state index contributed by atoms with van der Waals surface area (Å²) < 4.78 is 0. The highest BCUT2D eigenvalue weighted by Gasteiger charge is 2.11. The van der Waals surface area contributed by atoms with Gasteiger partial charge in [-0.05, 0) is 42.3 Å². The van der Waals surface area contributed by atoms with Gasteiger partial charge in [-0.2, -0.15) is 0 Å². The van der Waals surface area contributed by atoms with Crippen LogP contribution < -0.4 is 16.2 Å². The van der Waals surface area contributed by atoms with Crippen molar-refractivity contribution >= 4 is 11.6 Å². The first-order chi connectivity index (χ1) is 9.72. The van der Waals surface area contributed by atoms with Crippen molar-refractivity contribution in [1.29, 1.82) is 0 Å². The van der Waals surface area contributed by atoms with Crippen LogP contribution in [0.3, 0.4) is 0 Å². The first-order valence-corrected chi connectivity index (χ1v) is 6.55. The minimum absolute atomic E-state index is 0.258. The van der Waals surface area contributed by atoms with Crippen molar-refractivity contribution in [1.82, 2.24) is 10.3 Å². The Morgan fingerprint density at radius 1 is 1.15 bits per heavy atom. The number of hydrogen-bond donors (Lipinski definition) is 3. The van der Waals surface area contributed by atoms with Gasteiger partial charge in [0.25, 0.3) is 5.91 Å². The maximum Gasteiger partial charge on any atom is 0.272 e. The van der Waals surface area contributed by atoms with E-state index in [1.165, 1.54) is 17.2 Å². The Morgan fingerprint density at radius 2 is 2.05 bits per heavy atom. The predicted octanol–water partition coefficient (Wildman–Crippen LogP) is 1.27. The zero-order valence-corrected chi connectivity index (χ0v) is 10.9. The SMILES string of the molecule is O=C(Nc1ccc2c(c1)CNCC2)c1cccc(=O)[nH]1. The summed E-state index contributed by atoms with van der Waals surface area (Å²) in [5.41, 5.74) is 3.23. The summed E-state index contributed by atoms with van der Waals surface area (Å²) in [5.74, 6) is -0.314. The third kappa shape index (κ3) is 2.62. The molecule has 2 heterocycles. The largest absolute Gasteiger partial charge is 0.321 e. The molecule has 0 saturated carbocycles. The smallest absolute Gasteiger partial charge is 0.272 e. The van der Waals surface area contributed by atoms with Gasteiger partial charge in [0.05, 0.1) is 0 Å². The molecule has 0 fully saturated rings. The molecule has 0 unspecified atom stereocenters. The van der Waals surface area contributed by atoms with Crippen molar-refractivity contribution in [3.05, 3.63) is 63.6 Å². The van der Waals surface area contributed by atoms with Gasteiger partial charge in [-0.15, -0.1) is 0 Å². The van der Waals surface area contributed by atoms with Crippen molar-refractivity contribution in [2.45, 2.75) is 13.0 Å². The molecule has 3 N–H and O–H groups in total. The van der Waals surface area contributed by atoms with Gasteiger partial charge in [0.1, 0.15) is 5.69 Å². The monoisotopic (exact) mass is 269 g/mol. The summed E-state index contributed by atoms with van der Waals surface area (Å²) in [4.78, 5) is 25.7. The molecule has 2 aromatic rings. The number of benzene rings is 1. The summed E-state index contributed by atoms with van der Waals surface area (Å²) in [5, 5.41) is 6.10. The van der Waals surface area contributed by atoms with Crippen molar-refractivity contribution in [3.63, 3.8) is 0 Å². The molecule has 1 aliphatic heterocycles. The number of aromatic nitrogens is 1. The summed E-state index contributed by atoms with van der Waals surface area (Å²) in [6, 6.07) is 10.4. The summed E-state index contributed by atoms with van der Waals surface area (Å²) >= 11 is 0. The molecule has 1 aromatic carbocycles. The molecule has 5 heteroatoms. The van der Waals surface area contributed by atoms with Crippen LogP contribution in [-0.2, 0) is 13.0 Å². The number of carbonyl (C=O) groups excluding carboxylic acids is 1. The number of aromatic amines is 1. The minimum Gasteiger partial charge on any atom is -0.321 e. The van der Waals surface area contributed by atoms with E-state index in [0.29, 0.717) is 0 Å². The molecule has 1 aliphatic rings. The van der Waals surface area contributed by atoms with Crippen molar-refractivity contribution < 1.29 is 4.79 Å². The van der Waals surface area contributed by atoms with Gasteiger partial charge in [-0.25, -0.2) is 0 Å². The molecular formula is C15H15N3O2. The Morgan fingerprint density at radius 3 is 2.90 bits per heavy atom. The summed E-state index contributed by atoms with van der Waals surface area (Å²) in [6.07, 6.45) is 1.01. The normalized spacial score (nSPS) is 13.6. The molecule has 1 aromatic heterocycles. The zero-order valence-electron chi connectivity index (χ0n) is 10.9. The highest BCUT2D eigenvalue weighted by molar-refractivity contribution is 6.02. The number of fused-ring (bicyclic) bond motifs is 1. The minimum atomic E-state index is -0.314. The molecular weight excluding hydrogens is 254 g/mol. The van der Waals surface area contributed by atoms with E-state index in [1.807, 2.05) is 18.2 Å². The second kappa shape index (κ2) is 5.30. The predicted molar refractivity (Wildman–Crippen MR) is 76.9 cm³/mol. The van der Waals surface area contributed by atoms with Crippen LogP contribution in [-0.4, -0.2) is 17.4 Å². The van der Waals surface area contributed by atoms with Crippen LogP contribution in [0.5, 0.6) is 0 Å². The van der Waals surface area contributed by atoms with Crippen LogP contribution in [0.25, 0.3) is 0 Å². The summed E-state index contributed by atoms with van der Waals surface area (Å²) in [7, 11) is 0. The van der Waals surface area contributed by atoms with Gasteiger partial charge < -0.3 is 15.6 Å². The Kier molecular flexibility index (Phi) is 3.35. The first kappa shape index (κ1) is 12.6. The third-order valence-electron chi connectivity index (χ3n) is 3.36. The number of carbonyl (C=O) groups is 1. The van der Waals surface area contributed by atoms with Gasteiger partial charge in [0, 0.05) is 18.3 Å². The lowest BCUT2D eigenvalue weighted by atomic mass is 10.0. The maximum atomic E-state index is 12.0. The molecule has 102 valence electrons. The molecule has 5 nitrogen and oxygen atoms in total. The number of H-pyrrole nitrogens is 1. The standard InChI is InChI=1S/C15H15N3O2/c19-14-3-1-2-13(18-14)15(20)17-12-5-4-10-6-7-16-9-11(10)8-12/h1-5,8,16H,6-7,9H2,(H,17,20)(H,18,19). The van der Waals surface area contributed by atoms with Gasteiger partial charge in [0.15, 0.2) is 0 Å². The van der Waals surface area contributed by atoms with Crippen LogP contribution in [0.1, 0.15) is 21.6 Å². The average molecular weight is 269 g/mol. The van der Waals surface area contributed by atoms with Crippen LogP contribution in [0.2, 0.25) is 0 Å². The fourth-order valence-electron chi connectivity index (χ4n) is 2.34. The Balaban J connectivity index is 1.81.